The van der Waals surface area contributed by atoms with E-state index in [-0.39, 0.29) is 28.2 Å². The van der Waals surface area contributed by atoms with E-state index in [4.69, 9.17) is 16.7 Å². The van der Waals surface area contributed by atoms with E-state index in [2.05, 4.69) is 15.1 Å². The van der Waals surface area contributed by atoms with Crippen molar-refractivity contribution in [1.82, 2.24) is 29.0 Å². The van der Waals surface area contributed by atoms with Crippen molar-refractivity contribution in [2.75, 3.05) is 19.7 Å². The van der Waals surface area contributed by atoms with Gasteiger partial charge in [0.1, 0.15) is 12.3 Å². The molecule has 39 heavy (non-hydrogen) atoms. The standard InChI is InChI=1S/C27H22ClF3N6O2/c1-15-25(24-20(27(29,30)31)3-2-4-21(24)28)34-26-19-9-16(10-32-22(19)6-8-36(15)26)17-11-33-37(12-17)18-5-7-35(13-18)23(39)14-38/h2-4,6,8-12,18,38H,5,7,13-14H2,1H3/t18-/m0/s1. The average molecular weight is 555 g/mol. The fourth-order valence-electron chi connectivity index (χ4n) is 5.19. The lowest BCUT2D eigenvalue weighted by atomic mass is 10.0. The van der Waals surface area contributed by atoms with E-state index in [0.29, 0.717) is 35.3 Å². The number of carbonyl (C=O) groups is 1. The third-order valence-electron chi connectivity index (χ3n) is 7.21. The predicted octanol–water partition coefficient (Wildman–Crippen LogP) is 5.16. The number of rotatable bonds is 4. The summed E-state index contributed by atoms with van der Waals surface area (Å²) in [5.74, 6) is -0.305. The van der Waals surface area contributed by atoms with Gasteiger partial charge in [-0.15, -0.1) is 0 Å². The number of hydrogen-bond donors (Lipinski definition) is 1. The summed E-state index contributed by atoms with van der Waals surface area (Å²) in [7, 11) is 0. The molecule has 1 N–H and O–H groups in total. The Morgan fingerprint density at radius 1 is 1.21 bits per heavy atom. The van der Waals surface area contributed by atoms with Crippen LogP contribution in [0.1, 0.15) is 23.7 Å². The summed E-state index contributed by atoms with van der Waals surface area (Å²) in [4.78, 5) is 22.6. The van der Waals surface area contributed by atoms with Crippen molar-refractivity contribution in [2.24, 2.45) is 0 Å². The van der Waals surface area contributed by atoms with Crippen LogP contribution in [0.15, 0.2) is 55.1 Å². The number of halogens is 4. The maximum atomic E-state index is 13.8. The van der Waals surface area contributed by atoms with Crippen molar-refractivity contribution in [1.29, 1.82) is 0 Å². The van der Waals surface area contributed by atoms with Gasteiger partial charge in [-0.25, -0.2) is 4.98 Å². The number of aliphatic hydroxyl groups excluding tert-OH is 1. The van der Waals surface area contributed by atoms with Crippen LogP contribution >= 0.6 is 11.6 Å². The summed E-state index contributed by atoms with van der Waals surface area (Å²) in [5, 5.41) is 14.2. The molecule has 1 amide bonds. The van der Waals surface area contributed by atoms with Crippen LogP contribution in [0.5, 0.6) is 0 Å². The molecule has 0 unspecified atom stereocenters. The second-order valence-corrected chi connectivity index (χ2v) is 9.93. The van der Waals surface area contributed by atoms with E-state index in [1.165, 1.54) is 12.1 Å². The van der Waals surface area contributed by atoms with Crippen LogP contribution in [0.2, 0.25) is 5.02 Å². The highest BCUT2D eigenvalue weighted by molar-refractivity contribution is 6.33. The number of carbonyl (C=O) groups excluding carboxylic acids is 1. The first-order valence-corrected chi connectivity index (χ1v) is 12.6. The largest absolute Gasteiger partial charge is 0.417 e. The zero-order valence-corrected chi connectivity index (χ0v) is 21.4. The first-order chi connectivity index (χ1) is 18.7. The molecular weight excluding hydrogens is 533 g/mol. The zero-order valence-electron chi connectivity index (χ0n) is 20.7. The number of pyridine rings is 2. The van der Waals surface area contributed by atoms with Gasteiger partial charge in [-0.1, -0.05) is 17.7 Å². The zero-order chi connectivity index (χ0) is 27.5. The van der Waals surface area contributed by atoms with Crippen LogP contribution in [0.25, 0.3) is 38.9 Å². The Bertz CT molecular complexity index is 1750. The van der Waals surface area contributed by atoms with Crippen LogP contribution < -0.4 is 0 Å². The van der Waals surface area contributed by atoms with Gasteiger partial charge in [-0.2, -0.15) is 18.3 Å². The Balaban J connectivity index is 1.42. The number of likely N-dealkylation sites (tertiary alicyclic amines) is 1. The number of fused-ring (bicyclic) bond motifs is 3. The quantitative estimate of drug-likeness (QED) is 0.331. The molecule has 1 aliphatic rings. The molecule has 0 saturated carbocycles. The van der Waals surface area contributed by atoms with E-state index < -0.39 is 18.3 Å². The van der Waals surface area contributed by atoms with Crippen molar-refractivity contribution in [3.63, 3.8) is 0 Å². The summed E-state index contributed by atoms with van der Waals surface area (Å²) in [6, 6.07) is 7.38. The van der Waals surface area contributed by atoms with Crippen molar-refractivity contribution in [2.45, 2.75) is 25.6 Å². The molecule has 12 heteroatoms. The van der Waals surface area contributed by atoms with Crippen molar-refractivity contribution >= 4 is 34.1 Å². The minimum atomic E-state index is -4.60. The van der Waals surface area contributed by atoms with E-state index >= 15 is 0 Å². The lowest BCUT2D eigenvalue weighted by Gasteiger charge is -2.15. The molecule has 200 valence electrons. The number of alkyl halides is 3. The van der Waals surface area contributed by atoms with Gasteiger partial charge in [0.05, 0.1) is 34.0 Å². The molecule has 0 bridgehead atoms. The number of aliphatic hydroxyl groups is 1. The van der Waals surface area contributed by atoms with Gasteiger partial charge in [0, 0.05) is 59.5 Å². The number of hydrogen-bond acceptors (Lipinski definition) is 5. The molecule has 0 spiro atoms. The SMILES string of the molecule is Cc1c(-c2c(Cl)cccc2C(F)(F)F)nc2c3cc(-c4cnn([C@H]5CCN(C(=O)CO)C5)c4)cnc3ccn12. The Labute approximate surface area is 225 Å². The van der Waals surface area contributed by atoms with Crippen LogP contribution in [-0.2, 0) is 11.0 Å². The van der Waals surface area contributed by atoms with Gasteiger partial charge in [0.25, 0.3) is 0 Å². The monoisotopic (exact) mass is 554 g/mol. The van der Waals surface area contributed by atoms with E-state index in [0.717, 1.165) is 23.6 Å². The van der Waals surface area contributed by atoms with E-state index in [1.807, 2.05) is 12.3 Å². The number of imidazole rings is 1. The highest BCUT2D eigenvalue weighted by Crippen LogP contribution is 2.42. The number of aryl methyl sites for hydroxylation is 1. The van der Waals surface area contributed by atoms with Crippen molar-refractivity contribution < 1.29 is 23.1 Å². The molecule has 8 nitrogen and oxygen atoms in total. The Morgan fingerprint density at radius 3 is 2.79 bits per heavy atom. The molecule has 1 saturated heterocycles. The van der Waals surface area contributed by atoms with Gasteiger partial charge >= 0.3 is 6.18 Å². The van der Waals surface area contributed by atoms with Crippen LogP contribution in [0.4, 0.5) is 13.2 Å². The van der Waals surface area contributed by atoms with Gasteiger partial charge in [0.2, 0.25) is 5.91 Å². The Kier molecular flexibility index (Phi) is 6.07. The molecule has 1 aromatic carbocycles. The first kappa shape index (κ1) is 25.3. The Morgan fingerprint density at radius 2 is 2.03 bits per heavy atom. The summed E-state index contributed by atoms with van der Waals surface area (Å²) in [6.45, 7) is 2.21. The normalized spacial score (nSPS) is 16.1. The minimum absolute atomic E-state index is 0.00896. The molecule has 5 heterocycles. The van der Waals surface area contributed by atoms with Crippen molar-refractivity contribution in [3.05, 3.63) is 71.4 Å². The van der Waals surface area contributed by atoms with Gasteiger partial charge in [-0.05, 0) is 37.6 Å². The van der Waals surface area contributed by atoms with Gasteiger partial charge in [-0.3, -0.25) is 14.5 Å². The summed E-state index contributed by atoms with van der Waals surface area (Å²) in [6.07, 6.45) is 3.16. The number of nitrogens with zero attached hydrogens (tertiary/aromatic N) is 6. The molecule has 0 aliphatic carbocycles. The van der Waals surface area contributed by atoms with E-state index in [1.54, 1.807) is 45.6 Å². The fourth-order valence-corrected chi connectivity index (χ4v) is 5.45. The third kappa shape index (κ3) is 4.31. The number of aromatic nitrogens is 5. The van der Waals surface area contributed by atoms with Crippen LogP contribution in [-0.4, -0.2) is 59.8 Å². The average Bonchev–Trinajstić information content (AvgIpc) is 3.66. The predicted molar refractivity (Wildman–Crippen MR) is 139 cm³/mol. The van der Waals surface area contributed by atoms with Gasteiger partial charge in [0.15, 0.2) is 0 Å². The molecule has 4 aromatic heterocycles. The molecule has 1 atom stereocenters. The summed E-state index contributed by atoms with van der Waals surface area (Å²) < 4.78 is 45.1. The number of amides is 1. The number of benzene rings is 1. The lowest BCUT2D eigenvalue weighted by Crippen LogP contribution is -2.31. The third-order valence-corrected chi connectivity index (χ3v) is 7.52. The second kappa shape index (κ2) is 9.35. The summed E-state index contributed by atoms with van der Waals surface area (Å²) in [5.41, 5.74) is 2.34. The fraction of sp³-hybridized carbons (Fsp3) is 0.259. The van der Waals surface area contributed by atoms with Crippen molar-refractivity contribution in [3.8, 4) is 22.4 Å². The summed E-state index contributed by atoms with van der Waals surface area (Å²) >= 11 is 6.28. The first-order valence-electron chi connectivity index (χ1n) is 12.2. The topological polar surface area (TPSA) is 88.5 Å². The lowest BCUT2D eigenvalue weighted by molar-refractivity contribution is -0.137. The minimum Gasteiger partial charge on any atom is -0.387 e. The molecule has 1 aliphatic heterocycles. The Hall–Kier alpha value is -3.96. The maximum absolute atomic E-state index is 13.8. The maximum Gasteiger partial charge on any atom is 0.417 e. The molecule has 0 radical (unpaired) electrons. The van der Waals surface area contributed by atoms with E-state index in [9.17, 15) is 18.0 Å². The molecule has 5 aromatic rings. The van der Waals surface area contributed by atoms with Crippen LogP contribution in [0.3, 0.4) is 0 Å². The smallest absolute Gasteiger partial charge is 0.387 e. The highest BCUT2D eigenvalue weighted by atomic mass is 35.5. The van der Waals surface area contributed by atoms with Crippen LogP contribution in [0, 0.1) is 6.92 Å². The molecular formula is C27H22ClF3N6O2. The highest BCUT2D eigenvalue weighted by Gasteiger charge is 2.36. The molecule has 6 rings (SSSR count). The van der Waals surface area contributed by atoms with Gasteiger partial charge < -0.3 is 14.4 Å². The second-order valence-electron chi connectivity index (χ2n) is 9.52. The molecule has 1 fully saturated rings.